The van der Waals surface area contributed by atoms with Gasteiger partial charge in [-0.1, -0.05) is 12.8 Å². The number of methoxy groups -OCH3 is 1. The van der Waals surface area contributed by atoms with Crippen LogP contribution in [0.2, 0.25) is 0 Å². The largest absolute Gasteiger partial charge is 0.468 e. The van der Waals surface area contributed by atoms with E-state index in [2.05, 4.69) is 0 Å². The first-order chi connectivity index (χ1) is 8.13. The average molecular weight is 240 g/mol. The molecule has 2 N–H and O–H groups in total. The Balaban J connectivity index is 2.14. The number of fused-ring (bicyclic) bond motifs is 1. The van der Waals surface area contributed by atoms with Gasteiger partial charge in [0.05, 0.1) is 13.7 Å². The van der Waals surface area contributed by atoms with Gasteiger partial charge in [-0.15, -0.1) is 0 Å². The SMILES string of the molecule is COC(=O)[C@@H]1C[C@@H]2CCCC[C@@H]2N1CC(N)=O. The van der Waals surface area contributed by atoms with Gasteiger partial charge in [-0.3, -0.25) is 14.5 Å². The van der Waals surface area contributed by atoms with Crippen LogP contribution in [0.25, 0.3) is 0 Å². The molecule has 2 rings (SSSR count). The van der Waals surface area contributed by atoms with Crippen LogP contribution < -0.4 is 5.73 Å². The summed E-state index contributed by atoms with van der Waals surface area (Å²) in [5, 5.41) is 0. The van der Waals surface area contributed by atoms with E-state index in [4.69, 9.17) is 10.5 Å². The summed E-state index contributed by atoms with van der Waals surface area (Å²) >= 11 is 0. The predicted octanol–water partition coefficient (Wildman–Crippen LogP) is 0.278. The first-order valence-electron chi connectivity index (χ1n) is 6.25. The van der Waals surface area contributed by atoms with Crippen LogP contribution >= 0.6 is 0 Å². The number of rotatable bonds is 3. The maximum atomic E-state index is 11.7. The maximum Gasteiger partial charge on any atom is 0.323 e. The zero-order valence-corrected chi connectivity index (χ0v) is 10.2. The number of nitrogens with two attached hydrogens (primary N) is 1. The van der Waals surface area contributed by atoms with Gasteiger partial charge in [0, 0.05) is 6.04 Å². The minimum atomic E-state index is -0.370. The molecule has 0 spiro atoms. The van der Waals surface area contributed by atoms with Crippen LogP contribution in [-0.4, -0.2) is 42.5 Å². The van der Waals surface area contributed by atoms with Gasteiger partial charge < -0.3 is 10.5 Å². The number of carbonyl (C=O) groups excluding carboxylic acids is 2. The van der Waals surface area contributed by atoms with Gasteiger partial charge in [0.2, 0.25) is 5.91 Å². The van der Waals surface area contributed by atoms with Crippen molar-refractivity contribution in [3.05, 3.63) is 0 Å². The average Bonchev–Trinajstić information content (AvgIpc) is 2.67. The smallest absolute Gasteiger partial charge is 0.323 e. The lowest BCUT2D eigenvalue weighted by atomic mass is 9.85. The molecule has 1 aliphatic heterocycles. The number of hydrogen-bond acceptors (Lipinski definition) is 4. The molecule has 3 atom stereocenters. The molecular formula is C12H20N2O3. The summed E-state index contributed by atoms with van der Waals surface area (Å²) in [6.07, 6.45) is 5.41. The van der Waals surface area contributed by atoms with Crippen LogP contribution in [-0.2, 0) is 14.3 Å². The van der Waals surface area contributed by atoms with Crippen LogP contribution in [0, 0.1) is 5.92 Å². The van der Waals surface area contributed by atoms with Crippen molar-refractivity contribution in [3.63, 3.8) is 0 Å². The van der Waals surface area contributed by atoms with E-state index in [-0.39, 0.29) is 24.5 Å². The normalized spacial score (nSPS) is 33.1. The Morgan fingerprint density at radius 3 is 2.71 bits per heavy atom. The molecule has 1 aliphatic carbocycles. The lowest BCUT2D eigenvalue weighted by molar-refractivity contribution is -0.146. The van der Waals surface area contributed by atoms with Crippen molar-refractivity contribution in [2.24, 2.45) is 11.7 Å². The Hall–Kier alpha value is -1.10. The second kappa shape index (κ2) is 5.04. The second-order valence-electron chi connectivity index (χ2n) is 5.03. The molecule has 5 nitrogen and oxygen atoms in total. The highest BCUT2D eigenvalue weighted by atomic mass is 16.5. The fourth-order valence-corrected chi connectivity index (χ4v) is 3.33. The third kappa shape index (κ3) is 2.44. The van der Waals surface area contributed by atoms with Crippen molar-refractivity contribution in [2.75, 3.05) is 13.7 Å². The highest BCUT2D eigenvalue weighted by Gasteiger charge is 2.45. The fourth-order valence-electron chi connectivity index (χ4n) is 3.33. The van der Waals surface area contributed by atoms with Crippen molar-refractivity contribution in [2.45, 2.75) is 44.2 Å². The highest BCUT2D eigenvalue weighted by Crippen LogP contribution is 2.39. The number of amides is 1. The number of carbonyl (C=O) groups is 2. The Kier molecular flexibility index (Phi) is 3.66. The molecule has 2 aliphatic rings. The molecule has 1 amide bonds. The summed E-state index contributed by atoms with van der Waals surface area (Å²) in [7, 11) is 1.40. The van der Waals surface area contributed by atoms with E-state index in [1.54, 1.807) is 0 Å². The maximum absolute atomic E-state index is 11.7. The molecule has 0 radical (unpaired) electrons. The van der Waals surface area contributed by atoms with Crippen molar-refractivity contribution in [1.82, 2.24) is 4.90 Å². The number of esters is 1. The number of likely N-dealkylation sites (tertiary alicyclic amines) is 1. The second-order valence-corrected chi connectivity index (χ2v) is 5.03. The van der Waals surface area contributed by atoms with Crippen LogP contribution in [0.3, 0.4) is 0 Å². The number of nitrogens with zero attached hydrogens (tertiary/aromatic N) is 1. The van der Waals surface area contributed by atoms with Gasteiger partial charge >= 0.3 is 5.97 Å². The van der Waals surface area contributed by atoms with Crippen molar-refractivity contribution in [3.8, 4) is 0 Å². The minimum Gasteiger partial charge on any atom is -0.468 e. The van der Waals surface area contributed by atoms with Gasteiger partial charge in [-0.25, -0.2) is 0 Å². The quantitative estimate of drug-likeness (QED) is 0.719. The summed E-state index contributed by atoms with van der Waals surface area (Å²) in [5.74, 6) is -0.0852. The number of hydrogen-bond donors (Lipinski definition) is 1. The first kappa shape index (κ1) is 12.4. The monoisotopic (exact) mass is 240 g/mol. The Morgan fingerprint density at radius 1 is 1.35 bits per heavy atom. The van der Waals surface area contributed by atoms with Gasteiger partial charge in [0.15, 0.2) is 0 Å². The van der Waals surface area contributed by atoms with E-state index in [1.807, 2.05) is 4.90 Å². The molecule has 0 unspecified atom stereocenters. The predicted molar refractivity (Wildman–Crippen MR) is 62.1 cm³/mol. The van der Waals surface area contributed by atoms with Crippen LogP contribution in [0.15, 0.2) is 0 Å². The molecule has 2 fully saturated rings. The van der Waals surface area contributed by atoms with E-state index in [1.165, 1.54) is 20.0 Å². The van der Waals surface area contributed by atoms with Crippen molar-refractivity contribution < 1.29 is 14.3 Å². The standard InChI is InChI=1S/C12H20N2O3/c1-17-12(16)10-6-8-4-2-3-5-9(8)14(10)7-11(13)15/h8-10H,2-7H2,1H3,(H2,13,15)/t8-,9-,10-/m0/s1. The lowest BCUT2D eigenvalue weighted by Gasteiger charge is -2.32. The number of ether oxygens (including phenoxy) is 1. The summed E-state index contributed by atoms with van der Waals surface area (Å²) < 4.78 is 4.82. The lowest BCUT2D eigenvalue weighted by Crippen LogP contribution is -2.46. The summed E-state index contributed by atoms with van der Waals surface area (Å²) in [5.41, 5.74) is 5.27. The Labute approximate surface area is 101 Å². The first-order valence-corrected chi connectivity index (χ1v) is 6.25. The molecule has 1 saturated heterocycles. The van der Waals surface area contributed by atoms with Gasteiger partial charge in [0.25, 0.3) is 0 Å². The molecule has 5 heteroatoms. The number of primary amides is 1. The molecule has 96 valence electrons. The van der Waals surface area contributed by atoms with E-state index < -0.39 is 0 Å². The third-order valence-electron chi connectivity index (χ3n) is 4.03. The Bertz CT molecular complexity index is 319. The van der Waals surface area contributed by atoms with Gasteiger partial charge in [-0.2, -0.15) is 0 Å². The molecule has 17 heavy (non-hydrogen) atoms. The summed E-state index contributed by atoms with van der Waals surface area (Å²) in [6.45, 7) is 0.168. The Morgan fingerprint density at radius 2 is 2.06 bits per heavy atom. The zero-order chi connectivity index (χ0) is 12.4. The van der Waals surface area contributed by atoms with Crippen LogP contribution in [0.5, 0.6) is 0 Å². The van der Waals surface area contributed by atoms with Crippen molar-refractivity contribution >= 4 is 11.9 Å². The molecular weight excluding hydrogens is 220 g/mol. The van der Waals surface area contributed by atoms with E-state index in [9.17, 15) is 9.59 Å². The van der Waals surface area contributed by atoms with Crippen molar-refractivity contribution in [1.29, 1.82) is 0 Å². The molecule has 0 aromatic heterocycles. The third-order valence-corrected chi connectivity index (χ3v) is 4.03. The molecule has 1 heterocycles. The fraction of sp³-hybridized carbons (Fsp3) is 0.833. The topological polar surface area (TPSA) is 72.6 Å². The van der Waals surface area contributed by atoms with Gasteiger partial charge in [0.1, 0.15) is 6.04 Å². The van der Waals surface area contributed by atoms with Crippen LogP contribution in [0.4, 0.5) is 0 Å². The molecule has 0 aromatic rings. The molecule has 1 saturated carbocycles. The van der Waals surface area contributed by atoms with E-state index in [0.29, 0.717) is 12.0 Å². The zero-order valence-electron chi connectivity index (χ0n) is 10.2. The van der Waals surface area contributed by atoms with Crippen LogP contribution in [0.1, 0.15) is 32.1 Å². The minimum absolute atomic E-state index is 0.168. The molecule has 0 bridgehead atoms. The molecule has 0 aromatic carbocycles. The van der Waals surface area contributed by atoms with E-state index >= 15 is 0 Å². The summed E-state index contributed by atoms with van der Waals surface area (Å²) in [6, 6.07) is 0.0564. The van der Waals surface area contributed by atoms with Gasteiger partial charge in [-0.05, 0) is 25.2 Å². The highest BCUT2D eigenvalue weighted by molar-refractivity contribution is 5.79. The summed E-state index contributed by atoms with van der Waals surface area (Å²) in [4.78, 5) is 24.8. The van der Waals surface area contributed by atoms with E-state index in [0.717, 1.165) is 19.3 Å².